The van der Waals surface area contributed by atoms with Gasteiger partial charge < -0.3 is 25.8 Å². The van der Waals surface area contributed by atoms with E-state index in [-0.39, 0.29) is 28.7 Å². The maximum Gasteiger partial charge on any atom is 0.277 e. The molecule has 0 saturated carbocycles. The van der Waals surface area contributed by atoms with Crippen LogP contribution in [0.25, 0.3) is 0 Å². The van der Waals surface area contributed by atoms with Crippen LogP contribution in [0, 0.1) is 5.82 Å². The Morgan fingerprint density at radius 3 is 2.64 bits per heavy atom. The number of benzene rings is 2. The number of carbonyl (C=O) groups excluding carboxylic acids is 1. The number of amides is 1. The van der Waals surface area contributed by atoms with E-state index in [0.29, 0.717) is 42.8 Å². The normalized spacial score (nSPS) is 10.8. The zero-order chi connectivity index (χ0) is 23.8. The number of carbonyl (C=O) groups is 1. The van der Waals surface area contributed by atoms with Gasteiger partial charge in [-0.25, -0.2) is 9.02 Å². The van der Waals surface area contributed by atoms with Crippen LogP contribution in [0.4, 0.5) is 10.2 Å². The Balaban J connectivity index is 1.57. The van der Waals surface area contributed by atoms with Gasteiger partial charge in [-0.15, -0.1) is 0 Å². The third-order valence-electron chi connectivity index (χ3n) is 4.48. The van der Waals surface area contributed by atoms with Gasteiger partial charge in [0, 0.05) is 36.3 Å². The molecule has 12 heteroatoms. The molecule has 0 aliphatic rings. The molecule has 1 aromatic heterocycles. The van der Waals surface area contributed by atoms with Crippen LogP contribution in [-0.4, -0.2) is 35.9 Å². The van der Waals surface area contributed by atoms with Crippen molar-refractivity contribution in [3.63, 3.8) is 0 Å². The number of ether oxygens (including phenoxy) is 2. The molecule has 0 saturated heterocycles. The number of nitrogen functional groups attached to an aromatic ring is 1. The summed E-state index contributed by atoms with van der Waals surface area (Å²) in [6.45, 7) is 3.32. The quantitative estimate of drug-likeness (QED) is 0.343. The predicted octanol–water partition coefficient (Wildman–Crippen LogP) is 3.60. The van der Waals surface area contributed by atoms with Crippen LogP contribution in [0.2, 0.25) is 10.0 Å². The lowest BCUT2D eigenvalue weighted by molar-refractivity contribution is 0.0944. The van der Waals surface area contributed by atoms with E-state index in [4.69, 9.17) is 38.4 Å². The molecule has 0 atom stereocenters. The molecular weight excluding hydrogens is 476 g/mol. The number of hydrogen-bond acceptors (Lipinski definition) is 8. The average Bonchev–Trinajstić information content (AvgIpc) is 3.21. The number of halogens is 3. The van der Waals surface area contributed by atoms with E-state index in [1.54, 1.807) is 18.2 Å². The van der Waals surface area contributed by atoms with Crippen molar-refractivity contribution in [1.29, 1.82) is 0 Å². The van der Waals surface area contributed by atoms with Gasteiger partial charge in [0.25, 0.3) is 5.91 Å². The van der Waals surface area contributed by atoms with Crippen molar-refractivity contribution in [3.05, 3.63) is 63.0 Å². The van der Waals surface area contributed by atoms with Gasteiger partial charge in [-0.2, -0.15) is 0 Å². The first-order chi connectivity index (χ1) is 15.9. The third kappa shape index (κ3) is 6.47. The minimum absolute atomic E-state index is 0.0633. The summed E-state index contributed by atoms with van der Waals surface area (Å²) in [5, 5.41) is 13.3. The zero-order valence-corrected chi connectivity index (χ0v) is 19.2. The summed E-state index contributed by atoms with van der Waals surface area (Å²) in [5.74, 6) is -0.176. The van der Waals surface area contributed by atoms with E-state index in [1.807, 2.05) is 6.92 Å². The van der Waals surface area contributed by atoms with Crippen molar-refractivity contribution in [2.45, 2.75) is 20.1 Å². The monoisotopic (exact) mass is 497 g/mol. The van der Waals surface area contributed by atoms with Crippen LogP contribution in [0.15, 0.2) is 35.0 Å². The smallest absolute Gasteiger partial charge is 0.277 e. The summed E-state index contributed by atoms with van der Waals surface area (Å²) in [6, 6.07) is 7.79. The largest absolute Gasteiger partial charge is 0.490 e. The number of nitrogens with zero attached hydrogens (tertiary/aromatic N) is 2. The van der Waals surface area contributed by atoms with Gasteiger partial charge in [0.2, 0.25) is 11.5 Å². The fraction of sp³-hybridized carbons (Fsp3) is 0.286. The van der Waals surface area contributed by atoms with E-state index in [1.165, 1.54) is 12.1 Å². The minimum Gasteiger partial charge on any atom is -0.490 e. The molecule has 176 valence electrons. The molecular formula is C21H22Cl2FN5O4. The van der Waals surface area contributed by atoms with Gasteiger partial charge in [-0.05, 0) is 41.0 Å². The lowest BCUT2D eigenvalue weighted by Crippen LogP contribution is -2.32. The van der Waals surface area contributed by atoms with Crippen LogP contribution in [-0.2, 0) is 13.2 Å². The van der Waals surface area contributed by atoms with E-state index in [2.05, 4.69) is 25.6 Å². The molecule has 2 aromatic carbocycles. The van der Waals surface area contributed by atoms with E-state index in [9.17, 15) is 9.18 Å². The van der Waals surface area contributed by atoms with Gasteiger partial charge in [-0.1, -0.05) is 29.3 Å². The summed E-state index contributed by atoms with van der Waals surface area (Å²) in [7, 11) is 0. The molecule has 1 heterocycles. The van der Waals surface area contributed by atoms with Crippen LogP contribution in [0.5, 0.6) is 11.5 Å². The first-order valence-electron chi connectivity index (χ1n) is 9.98. The maximum absolute atomic E-state index is 14.0. The highest BCUT2D eigenvalue weighted by Gasteiger charge is 2.16. The van der Waals surface area contributed by atoms with E-state index in [0.717, 1.165) is 5.56 Å². The Hall–Kier alpha value is -3.08. The van der Waals surface area contributed by atoms with Gasteiger partial charge in [0.15, 0.2) is 11.5 Å². The number of rotatable bonds is 11. The number of aromatic nitrogens is 2. The number of anilines is 1. The highest BCUT2D eigenvalue weighted by molar-refractivity contribution is 6.31. The van der Waals surface area contributed by atoms with Crippen molar-refractivity contribution < 1.29 is 23.3 Å². The summed E-state index contributed by atoms with van der Waals surface area (Å²) in [6.07, 6.45) is 0. The summed E-state index contributed by atoms with van der Waals surface area (Å²) in [5.41, 5.74) is 6.42. The summed E-state index contributed by atoms with van der Waals surface area (Å²) >= 11 is 12.5. The van der Waals surface area contributed by atoms with Crippen molar-refractivity contribution in [3.8, 4) is 11.5 Å². The molecule has 3 rings (SSSR count). The average molecular weight is 498 g/mol. The van der Waals surface area contributed by atoms with Crippen LogP contribution in [0.1, 0.15) is 28.5 Å². The summed E-state index contributed by atoms with van der Waals surface area (Å²) < 4.78 is 29.8. The fourth-order valence-electron chi connectivity index (χ4n) is 2.84. The molecule has 33 heavy (non-hydrogen) atoms. The first kappa shape index (κ1) is 24.6. The molecule has 0 radical (unpaired) electrons. The lowest BCUT2D eigenvalue weighted by atomic mass is 10.2. The highest BCUT2D eigenvalue weighted by atomic mass is 35.5. The Labute approximate surface area is 199 Å². The third-order valence-corrected chi connectivity index (χ3v) is 5.18. The van der Waals surface area contributed by atoms with Gasteiger partial charge >= 0.3 is 0 Å². The van der Waals surface area contributed by atoms with E-state index < -0.39 is 11.7 Å². The molecule has 9 nitrogen and oxygen atoms in total. The molecule has 0 unspecified atom stereocenters. The molecule has 3 aromatic rings. The summed E-state index contributed by atoms with van der Waals surface area (Å²) in [4.78, 5) is 11.9. The topological polar surface area (TPSA) is 125 Å². The van der Waals surface area contributed by atoms with Crippen LogP contribution >= 0.6 is 23.2 Å². The second-order valence-corrected chi connectivity index (χ2v) is 7.56. The highest BCUT2D eigenvalue weighted by Crippen LogP contribution is 2.35. The predicted molar refractivity (Wildman–Crippen MR) is 121 cm³/mol. The van der Waals surface area contributed by atoms with Gasteiger partial charge in [0.1, 0.15) is 12.4 Å². The SMILES string of the molecule is CCOc1cc(CNCCNC(=O)c2nonc2N)c(Cl)cc1OCc1c(F)cccc1Cl. The minimum atomic E-state index is -0.483. The first-order valence-corrected chi connectivity index (χ1v) is 10.7. The number of hydrogen-bond donors (Lipinski definition) is 3. The van der Waals surface area contributed by atoms with Gasteiger partial charge in [0.05, 0.1) is 11.6 Å². The Morgan fingerprint density at radius 1 is 1.15 bits per heavy atom. The molecule has 4 N–H and O–H groups in total. The zero-order valence-electron chi connectivity index (χ0n) is 17.7. The number of nitrogens with one attached hydrogen (secondary N) is 2. The van der Waals surface area contributed by atoms with Crippen LogP contribution < -0.4 is 25.8 Å². The Morgan fingerprint density at radius 2 is 1.94 bits per heavy atom. The molecule has 0 bridgehead atoms. The molecule has 0 spiro atoms. The van der Waals surface area contributed by atoms with Gasteiger partial charge in [-0.3, -0.25) is 4.79 Å². The van der Waals surface area contributed by atoms with Crippen molar-refractivity contribution in [2.75, 3.05) is 25.4 Å². The molecule has 0 aliphatic carbocycles. The second kappa shape index (κ2) is 11.7. The molecule has 1 amide bonds. The van der Waals surface area contributed by atoms with Crippen LogP contribution in [0.3, 0.4) is 0 Å². The second-order valence-electron chi connectivity index (χ2n) is 6.74. The standard InChI is InChI=1S/C21H22Cl2FN5O4/c1-2-31-17-8-12(10-26-6-7-27-21(30)19-20(25)29-33-28-19)15(23)9-18(17)32-11-13-14(22)4-3-5-16(13)24/h3-5,8-9,26H,2,6-7,10-11H2,1H3,(H2,25,29)(H,27,30). The Bertz CT molecular complexity index is 1090. The number of nitrogens with two attached hydrogens (primary N) is 1. The van der Waals surface area contributed by atoms with Crippen molar-refractivity contribution >= 4 is 34.9 Å². The van der Waals surface area contributed by atoms with Crippen molar-refractivity contribution in [2.24, 2.45) is 0 Å². The molecule has 0 aliphatic heterocycles. The fourth-order valence-corrected chi connectivity index (χ4v) is 3.28. The Kier molecular flexibility index (Phi) is 8.70. The van der Waals surface area contributed by atoms with Crippen molar-refractivity contribution in [1.82, 2.24) is 20.9 Å². The maximum atomic E-state index is 14.0. The van der Waals surface area contributed by atoms with E-state index >= 15 is 0 Å². The lowest BCUT2D eigenvalue weighted by Gasteiger charge is -2.16. The molecule has 0 fully saturated rings.